The lowest BCUT2D eigenvalue weighted by Gasteiger charge is -2.30. The molecule has 1 aromatic carbocycles. The molecular formula is C17H26N2O. The first kappa shape index (κ1) is 14.9. The van der Waals surface area contributed by atoms with E-state index in [2.05, 4.69) is 12.2 Å². The van der Waals surface area contributed by atoms with Gasteiger partial charge in [0, 0.05) is 11.7 Å². The number of carbonyl (C=O) groups excluding carboxylic acids is 1. The Bertz CT molecular complexity index is 464. The Kier molecular flexibility index (Phi) is 5.05. The molecule has 110 valence electrons. The number of rotatable bonds is 4. The highest BCUT2D eigenvalue weighted by atomic mass is 16.1. The Hall–Kier alpha value is -1.51. The van der Waals surface area contributed by atoms with E-state index in [0.717, 1.165) is 12.0 Å². The van der Waals surface area contributed by atoms with Crippen LogP contribution >= 0.6 is 0 Å². The number of nitrogen functional groups attached to an aromatic ring is 1. The maximum absolute atomic E-state index is 12.4. The summed E-state index contributed by atoms with van der Waals surface area (Å²) in [6.45, 7) is 4.09. The number of benzene rings is 1. The molecular weight excluding hydrogens is 248 g/mol. The van der Waals surface area contributed by atoms with E-state index >= 15 is 0 Å². The van der Waals surface area contributed by atoms with Gasteiger partial charge in [-0.3, -0.25) is 4.79 Å². The van der Waals surface area contributed by atoms with Crippen LogP contribution in [0.15, 0.2) is 18.2 Å². The number of hydrogen-bond acceptors (Lipinski definition) is 2. The summed E-state index contributed by atoms with van der Waals surface area (Å²) in [6.07, 6.45) is 7.39. The standard InChI is InChI=1S/C17H26N2O/c1-3-15(13-9-5-4-6-10-13)19-17(20)14-11-7-8-12(2)16(14)18/h7-8,11,13,15H,3-6,9-10,18H2,1-2H3,(H,19,20). The Morgan fingerprint density at radius 1 is 1.35 bits per heavy atom. The predicted molar refractivity (Wildman–Crippen MR) is 83.7 cm³/mol. The molecule has 0 aromatic heterocycles. The number of aryl methyl sites for hydroxylation is 1. The highest BCUT2D eigenvalue weighted by Gasteiger charge is 2.24. The second-order valence-corrected chi connectivity index (χ2v) is 5.92. The van der Waals surface area contributed by atoms with Crippen molar-refractivity contribution >= 4 is 11.6 Å². The van der Waals surface area contributed by atoms with Gasteiger partial charge in [0.25, 0.3) is 5.91 Å². The molecule has 0 spiro atoms. The van der Waals surface area contributed by atoms with Crippen LogP contribution < -0.4 is 11.1 Å². The summed E-state index contributed by atoms with van der Waals surface area (Å²) in [5, 5.41) is 3.20. The Morgan fingerprint density at radius 2 is 2.05 bits per heavy atom. The normalized spacial score (nSPS) is 17.7. The summed E-state index contributed by atoms with van der Waals surface area (Å²) in [4.78, 5) is 12.4. The Labute approximate surface area is 121 Å². The van der Waals surface area contributed by atoms with E-state index in [1.54, 1.807) is 0 Å². The lowest BCUT2D eigenvalue weighted by Crippen LogP contribution is -2.40. The molecule has 0 heterocycles. The lowest BCUT2D eigenvalue weighted by molar-refractivity contribution is 0.0912. The maximum Gasteiger partial charge on any atom is 0.253 e. The zero-order chi connectivity index (χ0) is 14.5. The summed E-state index contributed by atoms with van der Waals surface area (Å²) in [6, 6.07) is 5.92. The molecule has 0 aliphatic heterocycles. The molecule has 1 saturated carbocycles. The van der Waals surface area contributed by atoms with E-state index in [4.69, 9.17) is 5.73 Å². The van der Waals surface area contributed by atoms with E-state index in [9.17, 15) is 4.79 Å². The van der Waals surface area contributed by atoms with Gasteiger partial charge in [0.1, 0.15) is 0 Å². The van der Waals surface area contributed by atoms with Crippen molar-refractivity contribution in [3.05, 3.63) is 29.3 Å². The number of carbonyl (C=O) groups is 1. The summed E-state index contributed by atoms with van der Waals surface area (Å²) in [7, 11) is 0. The van der Waals surface area contributed by atoms with Gasteiger partial charge >= 0.3 is 0 Å². The van der Waals surface area contributed by atoms with Crippen LogP contribution in [-0.4, -0.2) is 11.9 Å². The number of nitrogens with two attached hydrogens (primary N) is 1. The first-order valence-corrected chi connectivity index (χ1v) is 7.79. The molecule has 20 heavy (non-hydrogen) atoms. The van der Waals surface area contributed by atoms with Crippen molar-refractivity contribution in [1.82, 2.24) is 5.32 Å². The number of hydrogen-bond donors (Lipinski definition) is 2. The minimum absolute atomic E-state index is 0.0244. The van der Waals surface area contributed by atoms with Crippen LogP contribution in [0.4, 0.5) is 5.69 Å². The van der Waals surface area contributed by atoms with Crippen LogP contribution in [-0.2, 0) is 0 Å². The van der Waals surface area contributed by atoms with Gasteiger partial charge in [-0.25, -0.2) is 0 Å². The van der Waals surface area contributed by atoms with Crippen molar-refractivity contribution in [1.29, 1.82) is 0 Å². The van der Waals surface area contributed by atoms with E-state index in [-0.39, 0.29) is 11.9 Å². The molecule has 1 aliphatic rings. The molecule has 1 unspecified atom stereocenters. The average Bonchev–Trinajstić information content (AvgIpc) is 2.48. The minimum Gasteiger partial charge on any atom is -0.398 e. The van der Waals surface area contributed by atoms with Crippen molar-refractivity contribution in [2.75, 3.05) is 5.73 Å². The van der Waals surface area contributed by atoms with Crippen molar-refractivity contribution < 1.29 is 4.79 Å². The quantitative estimate of drug-likeness (QED) is 0.823. The van der Waals surface area contributed by atoms with Crippen molar-refractivity contribution in [2.24, 2.45) is 5.92 Å². The molecule has 0 saturated heterocycles. The van der Waals surface area contributed by atoms with E-state index in [1.807, 2.05) is 25.1 Å². The van der Waals surface area contributed by atoms with Gasteiger partial charge in [0.15, 0.2) is 0 Å². The third-order valence-electron chi connectivity index (χ3n) is 4.54. The van der Waals surface area contributed by atoms with E-state index < -0.39 is 0 Å². The predicted octanol–water partition coefficient (Wildman–Crippen LogP) is 3.67. The summed E-state index contributed by atoms with van der Waals surface area (Å²) in [5.74, 6) is 0.604. The van der Waals surface area contributed by atoms with Crippen LogP contribution in [0.1, 0.15) is 61.4 Å². The third kappa shape index (κ3) is 3.33. The van der Waals surface area contributed by atoms with Gasteiger partial charge in [0.2, 0.25) is 0 Å². The SMILES string of the molecule is CCC(NC(=O)c1cccc(C)c1N)C1CCCCC1. The average molecular weight is 274 g/mol. The highest BCUT2D eigenvalue weighted by molar-refractivity contribution is 5.99. The number of anilines is 1. The van der Waals surface area contributed by atoms with Crippen LogP contribution in [0, 0.1) is 12.8 Å². The van der Waals surface area contributed by atoms with Gasteiger partial charge in [-0.1, -0.05) is 38.3 Å². The van der Waals surface area contributed by atoms with Gasteiger partial charge in [0.05, 0.1) is 5.56 Å². The molecule has 1 amide bonds. The molecule has 3 nitrogen and oxygen atoms in total. The summed E-state index contributed by atoms with van der Waals surface area (Å²) in [5.41, 5.74) is 8.19. The van der Waals surface area contributed by atoms with Crippen molar-refractivity contribution in [3.63, 3.8) is 0 Å². The first-order valence-electron chi connectivity index (χ1n) is 7.79. The second kappa shape index (κ2) is 6.78. The van der Waals surface area contributed by atoms with Gasteiger partial charge < -0.3 is 11.1 Å². The lowest BCUT2D eigenvalue weighted by atomic mass is 9.83. The van der Waals surface area contributed by atoms with Crippen LogP contribution in [0.5, 0.6) is 0 Å². The zero-order valence-corrected chi connectivity index (χ0v) is 12.6. The number of amides is 1. The molecule has 0 radical (unpaired) electrons. The first-order chi connectivity index (χ1) is 9.63. The second-order valence-electron chi connectivity index (χ2n) is 5.92. The fraction of sp³-hybridized carbons (Fsp3) is 0.588. The molecule has 0 bridgehead atoms. The molecule has 2 rings (SSSR count). The Morgan fingerprint density at radius 3 is 2.70 bits per heavy atom. The number of para-hydroxylation sites is 1. The molecule has 3 N–H and O–H groups in total. The monoisotopic (exact) mass is 274 g/mol. The van der Waals surface area contributed by atoms with E-state index in [1.165, 1.54) is 32.1 Å². The minimum atomic E-state index is -0.0244. The summed E-state index contributed by atoms with van der Waals surface area (Å²) < 4.78 is 0. The largest absolute Gasteiger partial charge is 0.398 e. The van der Waals surface area contributed by atoms with Gasteiger partial charge in [-0.2, -0.15) is 0 Å². The molecule has 1 aromatic rings. The zero-order valence-electron chi connectivity index (χ0n) is 12.6. The fourth-order valence-electron chi connectivity index (χ4n) is 3.21. The van der Waals surface area contributed by atoms with Crippen LogP contribution in [0.25, 0.3) is 0 Å². The van der Waals surface area contributed by atoms with Gasteiger partial charge in [-0.15, -0.1) is 0 Å². The molecule has 3 heteroatoms. The highest BCUT2D eigenvalue weighted by Crippen LogP contribution is 2.28. The molecule has 1 atom stereocenters. The summed E-state index contributed by atoms with van der Waals surface area (Å²) >= 11 is 0. The fourth-order valence-corrected chi connectivity index (χ4v) is 3.21. The van der Waals surface area contributed by atoms with Crippen molar-refractivity contribution in [3.8, 4) is 0 Å². The van der Waals surface area contributed by atoms with E-state index in [0.29, 0.717) is 17.2 Å². The Balaban J connectivity index is 2.06. The number of nitrogens with one attached hydrogen (secondary N) is 1. The maximum atomic E-state index is 12.4. The van der Waals surface area contributed by atoms with Crippen molar-refractivity contribution in [2.45, 2.75) is 58.4 Å². The third-order valence-corrected chi connectivity index (χ3v) is 4.54. The molecule has 1 fully saturated rings. The van der Waals surface area contributed by atoms with Gasteiger partial charge in [-0.05, 0) is 43.7 Å². The smallest absolute Gasteiger partial charge is 0.253 e. The van der Waals surface area contributed by atoms with Crippen LogP contribution in [0.3, 0.4) is 0 Å². The van der Waals surface area contributed by atoms with Crippen LogP contribution in [0.2, 0.25) is 0 Å². The topological polar surface area (TPSA) is 55.1 Å². The molecule has 1 aliphatic carbocycles.